The Kier molecular flexibility index (Phi) is 3.38. The molecule has 8 heteroatoms. The first-order valence-electron chi connectivity index (χ1n) is 6.22. The van der Waals surface area contributed by atoms with Crippen molar-refractivity contribution in [2.75, 3.05) is 18.0 Å². The lowest BCUT2D eigenvalue weighted by atomic mass is 10.2. The molecular weight excluding hydrogens is 294 g/mol. The highest BCUT2D eigenvalue weighted by Gasteiger charge is 2.44. The van der Waals surface area contributed by atoms with E-state index < -0.39 is 28.3 Å². The van der Waals surface area contributed by atoms with Crippen molar-refractivity contribution in [3.8, 4) is 0 Å². The first kappa shape index (κ1) is 13.6. The van der Waals surface area contributed by atoms with Crippen LogP contribution < -0.4 is 10.2 Å². The predicted octanol–water partition coefficient (Wildman–Crippen LogP) is 0.171. The molecule has 0 saturated carbocycles. The summed E-state index contributed by atoms with van der Waals surface area (Å²) in [7, 11) is 0. The smallest absolute Gasteiger partial charge is 0.288 e. The normalized spacial score (nSPS) is 22.8. The monoisotopic (exact) mass is 305 g/mol. The van der Waals surface area contributed by atoms with Gasteiger partial charge in [-0.2, -0.15) is 0 Å². The van der Waals surface area contributed by atoms with Gasteiger partial charge >= 0.3 is 0 Å². The predicted molar refractivity (Wildman–Crippen MR) is 75.4 cm³/mol. The quantitative estimate of drug-likeness (QED) is 0.784. The van der Waals surface area contributed by atoms with Crippen LogP contribution in [-0.4, -0.2) is 46.3 Å². The number of piperazine rings is 1. The Morgan fingerprint density at radius 1 is 1.00 bits per heavy atom. The molecule has 21 heavy (non-hydrogen) atoms. The van der Waals surface area contributed by atoms with Gasteiger partial charge in [0.2, 0.25) is 11.8 Å². The summed E-state index contributed by atoms with van der Waals surface area (Å²) in [6.07, 6.45) is 0. The average molecular weight is 305 g/mol. The van der Waals surface area contributed by atoms with Crippen molar-refractivity contribution >= 4 is 40.4 Å². The summed E-state index contributed by atoms with van der Waals surface area (Å²) >= 11 is 0.651. The van der Waals surface area contributed by atoms with E-state index in [4.69, 9.17) is 0 Å². The zero-order valence-electron chi connectivity index (χ0n) is 10.8. The van der Waals surface area contributed by atoms with Crippen LogP contribution in [0.2, 0.25) is 0 Å². The summed E-state index contributed by atoms with van der Waals surface area (Å²) in [6.45, 7) is -0.0113. The summed E-state index contributed by atoms with van der Waals surface area (Å²) < 4.78 is 0. The maximum atomic E-state index is 12.2. The number of thioether (sulfide) groups is 1. The van der Waals surface area contributed by atoms with Crippen molar-refractivity contribution in [2.45, 2.75) is 5.37 Å². The van der Waals surface area contributed by atoms with E-state index in [2.05, 4.69) is 5.32 Å². The molecular formula is C13H11N3O4S. The molecule has 2 aliphatic rings. The highest BCUT2D eigenvalue weighted by Crippen LogP contribution is 2.26. The Bertz CT molecular complexity index is 616. The van der Waals surface area contributed by atoms with E-state index in [1.165, 1.54) is 0 Å². The fourth-order valence-electron chi connectivity index (χ4n) is 2.27. The minimum Gasteiger partial charge on any atom is -0.353 e. The van der Waals surface area contributed by atoms with Crippen LogP contribution in [0.3, 0.4) is 0 Å². The first-order chi connectivity index (χ1) is 10.1. The van der Waals surface area contributed by atoms with Gasteiger partial charge in [-0.3, -0.25) is 29.4 Å². The summed E-state index contributed by atoms with van der Waals surface area (Å²) in [5.74, 6) is -1.60. The van der Waals surface area contributed by atoms with Crippen molar-refractivity contribution in [1.82, 2.24) is 10.2 Å². The minimum atomic E-state index is -1.09. The zero-order valence-corrected chi connectivity index (χ0v) is 11.6. The number of anilines is 1. The molecule has 1 aromatic carbocycles. The second-order valence-electron chi connectivity index (χ2n) is 4.60. The fraction of sp³-hybridized carbons (Fsp3) is 0.231. The Labute approximate surface area is 124 Å². The highest BCUT2D eigenvalue weighted by atomic mass is 32.2. The number of hydrogen-bond donors (Lipinski definition) is 1. The van der Waals surface area contributed by atoms with Gasteiger partial charge in [0.15, 0.2) is 5.37 Å². The van der Waals surface area contributed by atoms with Gasteiger partial charge in [-0.1, -0.05) is 18.2 Å². The Morgan fingerprint density at radius 3 is 2.14 bits per heavy atom. The van der Waals surface area contributed by atoms with Crippen LogP contribution in [0.15, 0.2) is 30.3 Å². The number of imide groups is 2. The second kappa shape index (κ2) is 5.21. The third-order valence-electron chi connectivity index (χ3n) is 3.21. The Balaban J connectivity index is 1.79. The Morgan fingerprint density at radius 2 is 1.62 bits per heavy atom. The van der Waals surface area contributed by atoms with Crippen LogP contribution in [0, 0.1) is 0 Å². The van der Waals surface area contributed by atoms with E-state index >= 15 is 0 Å². The van der Waals surface area contributed by atoms with E-state index in [0.717, 1.165) is 10.6 Å². The molecule has 2 heterocycles. The summed E-state index contributed by atoms with van der Waals surface area (Å²) in [5, 5.41) is 0.441. The molecule has 0 unspecified atom stereocenters. The Hall–Kier alpha value is -2.35. The van der Waals surface area contributed by atoms with Crippen LogP contribution in [0.4, 0.5) is 10.5 Å². The molecule has 0 aliphatic carbocycles. The highest BCUT2D eigenvalue weighted by molar-refractivity contribution is 8.15. The van der Waals surface area contributed by atoms with E-state index in [-0.39, 0.29) is 13.1 Å². The number of carbonyl (C=O) groups is 4. The van der Waals surface area contributed by atoms with Crippen LogP contribution >= 0.6 is 11.8 Å². The van der Waals surface area contributed by atoms with Gasteiger partial charge in [-0.15, -0.1) is 0 Å². The molecule has 0 radical (unpaired) electrons. The SMILES string of the molecule is O=C1NC(=O)[C@@H](N2C(=O)CN(c3ccccc3)CC2=O)S1. The molecule has 1 N–H and O–H groups in total. The van der Waals surface area contributed by atoms with Gasteiger partial charge in [-0.05, 0) is 23.9 Å². The van der Waals surface area contributed by atoms with Crippen LogP contribution in [0.5, 0.6) is 0 Å². The number of amides is 4. The molecule has 108 valence electrons. The van der Waals surface area contributed by atoms with Crippen molar-refractivity contribution < 1.29 is 19.2 Å². The molecule has 2 aliphatic heterocycles. The van der Waals surface area contributed by atoms with Gasteiger partial charge in [0.25, 0.3) is 11.1 Å². The molecule has 7 nitrogen and oxygen atoms in total. The molecule has 0 bridgehead atoms. The third kappa shape index (κ3) is 2.49. The van der Waals surface area contributed by atoms with Crippen molar-refractivity contribution in [3.63, 3.8) is 0 Å². The molecule has 2 fully saturated rings. The number of nitrogens with zero attached hydrogens (tertiary/aromatic N) is 2. The lowest BCUT2D eigenvalue weighted by Gasteiger charge is -2.35. The number of rotatable bonds is 2. The van der Waals surface area contributed by atoms with Crippen molar-refractivity contribution in [1.29, 1.82) is 0 Å². The second-order valence-corrected chi connectivity index (χ2v) is 5.65. The van der Waals surface area contributed by atoms with E-state index in [9.17, 15) is 19.2 Å². The largest absolute Gasteiger partial charge is 0.353 e. The summed E-state index contributed by atoms with van der Waals surface area (Å²) in [5.41, 5.74) is 0.762. The third-order valence-corrected chi connectivity index (χ3v) is 4.18. The van der Waals surface area contributed by atoms with E-state index in [1.54, 1.807) is 17.0 Å². The average Bonchev–Trinajstić information content (AvgIpc) is 2.78. The van der Waals surface area contributed by atoms with Crippen LogP contribution in [0.1, 0.15) is 0 Å². The zero-order chi connectivity index (χ0) is 15.0. The number of para-hydroxylation sites is 1. The summed E-state index contributed by atoms with van der Waals surface area (Å²) in [6, 6.07) is 9.08. The minimum absolute atomic E-state index is 0.00567. The van der Waals surface area contributed by atoms with Crippen molar-refractivity contribution in [2.24, 2.45) is 0 Å². The van der Waals surface area contributed by atoms with Crippen LogP contribution in [0.25, 0.3) is 0 Å². The molecule has 0 spiro atoms. The number of benzene rings is 1. The molecule has 1 atom stereocenters. The summed E-state index contributed by atoms with van der Waals surface area (Å²) in [4.78, 5) is 49.7. The molecule has 0 aromatic heterocycles. The maximum Gasteiger partial charge on any atom is 0.288 e. The van der Waals surface area contributed by atoms with Gasteiger partial charge < -0.3 is 4.90 Å². The molecule has 2 saturated heterocycles. The number of carbonyl (C=O) groups excluding carboxylic acids is 4. The maximum absolute atomic E-state index is 12.2. The van der Waals surface area contributed by atoms with E-state index in [0.29, 0.717) is 11.8 Å². The number of nitrogens with one attached hydrogen (secondary N) is 1. The number of hydrogen-bond acceptors (Lipinski definition) is 6. The van der Waals surface area contributed by atoms with E-state index in [1.807, 2.05) is 18.2 Å². The van der Waals surface area contributed by atoms with Gasteiger partial charge in [0.1, 0.15) is 0 Å². The topological polar surface area (TPSA) is 86.8 Å². The fourth-order valence-corrected chi connectivity index (χ4v) is 3.14. The van der Waals surface area contributed by atoms with Crippen molar-refractivity contribution in [3.05, 3.63) is 30.3 Å². The van der Waals surface area contributed by atoms with Gasteiger partial charge in [-0.25, -0.2) is 0 Å². The van der Waals surface area contributed by atoms with Gasteiger partial charge in [0.05, 0.1) is 13.1 Å². The first-order valence-corrected chi connectivity index (χ1v) is 7.10. The molecule has 3 rings (SSSR count). The van der Waals surface area contributed by atoms with Crippen LogP contribution in [-0.2, 0) is 14.4 Å². The van der Waals surface area contributed by atoms with Gasteiger partial charge in [0, 0.05) is 5.69 Å². The molecule has 1 aromatic rings. The lowest BCUT2D eigenvalue weighted by Crippen LogP contribution is -2.58. The lowest BCUT2D eigenvalue weighted by molar-refractivity contribution is -0.149. The molecule has 4 amide bonds. The standard InChI is InChI=1S/C13H11N3O4S/c17-9-6-15(8-4-2-1-3-5-8)7-10(18)16(9)12-11(19)14-13(20)21-12/h1-5,12H,6-7H2,(H,14,19,20)/t12-/m0/s1.